The lowest BCUT2D eigenvalue weighted by Gasteiger charge is -2.12. The molecule has 0 bridgehead atoms. The first kappa shape index (κ1) is 11.2. The molecule has 1 fully saturated rings. The SMILES string of the molecule is Nc1nc2cc(I)c(F)cc2n1C1CCOC1. The van der Waals surface area contributed by atoms with E-state index in [1.807, 2.05) is 27.2 Å². The number of nitrogens with two attached hydrogens (primary N) is 1. The van der Waals surface area contributed by atoms with Gasteiger partial charge in [-0.2, -0.15) is 0 Å². The van der Waals surface area contributed by atoms with Crippen molar-refractivity contribution >= 4 is 39.6 Å². The summed E-state index contributed by atoms with van der Waals surface area (Å²) < 4.78 is 21.4. The molecule has 2 heterocycles. The molecule has 1 aliphatic rings. The molecule has 17 heavy (non-hydrogen) atoms. The van der Waals surface area contributed by atoms with Gasteiger partial charge in [-0.25, -0.2) is 9.37 Å². The summed E-state index contributed by atoms with van der Waals surface area (Å²) in [6.07, 6.45) is 0.892. The highest BCUT2D eigenvalue weighted by Crippen LogP contribution is 2.29. The second kappa shape index (κ2) is 4.09. The first-order valence-electron chi connectivity index (χ1n) is 5.37. The Hall–Kier alpha value is -0.890. The summed E-state index contributed by atoms with van der Waals surface area (Å²) in [5.41, 5.74) is 7.39. The number of fused-ring (bicyclic) bond motifs is 1. The number of ether oxygens (including phenoxy) is 1. The largest absolute Gasteiger partial charge is 0.379 e. The lowest BCUT2D eigenvalue weighted by Crippen LogP contribution is -2.11. The number of aromatic nitrogens is 2. The van der Waals surface area contributed by atoms with Crippen molar-refractivity contribution in [2.45, 2.75) is 12.5 Å². The average molecular weight is 347 g/mol. The van der Waals surface area contributed by atoms with Crippen molar-refractivity contribution in [3.63, 3.8) is 0 Å². The van der Waals surface area contributed by atoms with Crippen molar-refractivity contribution in [3.8, 4) is 0 Å². The number of nitrogens with zero attached hydrogens (tertiary/aromatic N) is 2. The van der Waals surface area contributed by atoms with E-state index in [-0.39, 0.29) is 11.9 Å². The molecule has 0 spiro atoms. The molecular weight excluding hydrogens is 336 g/mol. The maximum absolute atomic E-state index is 13.6. The van der Waals surface area contributed by atoms with E-state index in [0.717, 1.165) is 24.1 Å². The van der Waals surface area contributed by atoms with Gasteiger partial charge in [0.15, 0.2) is 0 Å². The van der Waals surface area contributed by atoms with Gasteiger partial charge in [-0.15, -0.1) is 0 Å². The second-order valence-corrected chi connectivity index (χ2v) is 5.27. The Morgan fingerprint density at radius 3 is 3.06 bits per heavy atom. The summed E-state index contributed by atoms with van der Waals surface area (Å²) in [6.45, 7) is 1.33. The Labute approximate surface area is 111 Å². The molecule has 1 aromatic carbocycles. The van der Waals surface area contributed by atoms with Gasteiger partial charge in [0.25, 0.3) is 0 Å². The van der Waals surface area contributed by atoms with Crippen molar-refractivity contribution in [3.05, 3.63) is 21.5 Å². The van der Waals surface area contributed by atoms with Gasteiger partial charge in [-0.1, -0.05) is 0 Å². The standard InChI is InChI=1S/C11H11FIN3O/c12-7-3-10-9(4-8(7)13)15-11(14)16(10)6-1-2-17-5-6/h3-4,6H,1-2,5H2,(H2,14,15). The summed E-state index contributed by atoms with van der Waals surface area (Å²) >= 11 is 1.95. The van der Waals surface area contributed by atoms with Crippen LogP contribution in [-0.2, 0) is 4.74 Å². The fraction of sp³-hybridized carbons (Fsp3) is 0.364. The lowest BCUT2D eigenvalue weighted by atomic mass is 10.2. The molecule has 90 valence electrons. The Bertz CT molecular complexity index is 578. The molecule has 0 saturated carbocycles. The summed E-state index contributed by atoms with van der Waals surface area (Å²) in [5.74, 6) is 0.190. The Morgan fingerprint density at radius 2 is 2.35 bits per heavy atom. The number of hydrogen-bond acceptors (Lipinski definition) is 3. The van der Waals surface area contributed by atoms with Crippen LogP contribution in [0.15, 0.2) is 12.1 Å². The second-order valence-electron chi connectivity index (χ2n) is 4.11. The average Bonchev–Trinajstić information content (AvgIpc) is 2.86. The molecule has 3 rings (SSSR count). The van der Waals surface area contributed by atoms with Crippen LogP contribution in [-0.4, -0.2) is 22.8 Å². The van der Waals surface area contributed by atoms with Crippen LogP contribution in [0.25, 0.3) is 11.0 Å². The van der Waals surface area contributed by atoms with Gasteiger partial charge >= 0.3 is 0 Å². The maximum Gasteiger partial charge on any atom is 0.201 e. The fourth-order valence-corrected chi connectivity index (χ4v) is 2.67. The summed E-state index contributed by atoms with van der Waals surface area (Å²) in [6, 6.07) is 3.38. The monoisotopic (exact) mass is 347 g/mol. The molecule has 1 unspecified atom stereocenters. The van der Waals surface area contributed by atoms with Crippen molar-refractivity contribution in [2.24, 2.45) is 0 Å². The van der Waals surface area contributed by atoms with Gasteiger partial charge in [-0.05, 0) is 35.1 Å². The maximum atomic E-state index is 13.6. The van der Waals surface area contributed by atoms with Crippen molar-refractivity contribution < 1.29 is 9.13 Å². The van der Waals surface area contributed by atoms with Gasteiger partial charge in [0, 0.05) is 12.7 Å². The Kier molecular flexibility index (Phi) is 2.70. The van der Waals surface area contributed by atoms with Gasteiger partial charge in [0.2, 0.25) is 5.95 Å². The van der Waals surface area contributed by atoms with E-state index in [9.17, 15) is 4.39 Å². The van der Waals surface area contributed by atoms with Crippen LogP contribution in [0.1, 0.15) is 12.5 Å². The van der Waals surface area contributed by atoms with E-state index in [4.69, 9.17) is 10.5 Å². The quantitative estimate of drug-likeness (QED) is 0.806. The normalized spacial score (nSPS) is 20.2. The van der Waals surface area contributed by atoms with Crippen LogP contribution in [0.2, 0.25) is 0 Å². The van der Waals surface area contributed by atoms with Crippen LogP contribution in [0.4, 0.5) is 10.3 Å². The number of halogens is 2. The predicted molar refractivity (Wildman–Crippen MR) is 71.3 cm³/mol. The topological polar surface area (TPSA) is 53.1 Å². The van der Waals surface area contributed by atoms with Crippen LogP contribution in [0.3, 0.4) is 0 Å². The van der Waals surface area contributed by atoms with E-state index in [1.165, 1.54) is 6.07 Å². The third kappa shape index (κ3) is 1.79. The van der Waals surface area contributed by atoms with Crippen molar-refractivity contribution in [2.75, 3.05) is 18.9 Å². The van der Waals surface area contributed by atoms with Crippen molar-refractivity contribution in [1.29, 1.82) is 0 Å². The molecule has 0 amide bonds. The molecule has 0 radical (unpaired) electrons. The molecule has 1 saturated heterocycles. The predicted octanol–water partition coefficient (Wildman–Crippen LogP) is 2.32. The number of imidazole rings is 1. The highest BCUT2D eigenvalue weighted by atomic mass is 127. The minimum atomic E-state index is -0.238. The first-order valence-corrected chi connectivity index (χ1v) is 6.45. The number of benzene rings is 1. The molecule has 4 nitrogen and oxygen atoms in total. The highest BCUT2D eigenvalue weighted by molar-refractivity contribution is 14.1. The zero-order valence-electron chi connectivity index (χ0n) is 8.99. The number of anilines is 1. The van der Waals surface area contributed by atoms with E-state index in [0.29, 0.717) is 16.1 Å². The Balaban J connectivity index is 2.22. The molecule has 2 N–H and O–H groups in total. The molecule has 2 aromatic rings. The minimum Gasteiger partial charge on any atom is -0.379 e. The summed E-state index contributed by atoms with van der Waals surface area (Å²) in [4.78, 5) is 4.27. The Morgan fingerprint density at radius 1 is 1.53 bits per heavy atom. The zero-order valence-corrected chi connectivity index (χ0v) is 11.1. The molecule has 1 aromatic heterocycles. The van der Waals surface area contributed by atoms with Gasteiger partial charge < -0.3 is 15.0 Å². The smallest absolute Gasteiger partial charge is 0.201 e. The third-order valence-corrected chi connectivity index (χ3v) is 3.86. The first-order chi connectivity index (χ1) is 8.16. The summed E-state index contributed by atoms with van der Waals surface area (Å²) in [7, 11) is 0. The van der Waals surface area contributed by atoms with Crippen LogP contribution >= 0.6 is 22.6 Å². The molecule has 1 atom stereocenters. The number of rotatable bonds is 1. The molecule has 6 heteroatoms. The van der Waals surface area contributed by atoms with Gasteiger partial charge in [0.1, 0.15) is 5.82 Å². The number of hydrogen-bond donors (Lipinski definition) is 1. The fourth-order valence-electron chi connectivity index (χ4n) is 2.22. The van der Waals surface area contributed by atoms with E-state index in [1.54, 1.807) is 6.07 Å². The van der Waals surface area contributed by atoms with Gasteiger partial charge in [0.05, 0.1) is 27.3 Å². The lowest BCUT2D eigenvalue weighted by molar-refractivity contribution is 0.187. The van der Waals surface area contributed by atoms with E-state index >= 15 is 0 Å². The van der Waals surface area contributed by atoms with Crippen LogP contribution in [0.5, 0.6) is 0 Å². The van der Waals surface area contributed by atoms with Crippen molar-refractivity contribution in [1.82, 2.24) is 9.55 Å². The van der Waals surface area contributed by atoms with Crippen LogP contribution < -0.4 is 5.73 Å². The van der Waals surface area contributed by atoms with Crippen LogP contribution in [0, 0.1) is 9.39 Å². The minimum absolute atomic E-state index is 0.166. The molecular formula is C11H11FIN3O. The van der Waals surface area contributed by atoms with Gasteiger partial charge in [-0.3, -0.25) is 0 Å². The summed E-state index contributed by atoms with van der Waals surface area (Å²) in [5, 5.41) is 0. The number of nitrogen functional groups attached to an aromatic ring is 1. The zero-order chi connectivity index (χ0) is 12.0. The van der Waals surface area contributed by atoms with E-state index in [2.05, 4.69) is 4.98 Å². The molecule has 0 aliphatic carbocycles. The third-order valence-electron chi connectivity index (χ3n) is 3.03. The molecule has 1 aliphatic heterocycles. The highest BCUT2D eigenvalue weighted by Gasteiger charge is 2.22. The van der Waals surface area contributed by atoms with E-state index < -0.39 is 0 Å².